The molecule has 0 fully saturated rings. The molecule has 1 heteroatoms. The third kappa shape index (κ3) is 6.78. The Morgan fingerprint density at radius 3 is 1.94 bits per heavy atom. The van der Waals surface area contributed by atoms with Gasteiger partial charge >= 0.3 is 0 Å². The molecule has 0 spiro atoms. The zero-order valence-electron chi connectivity index (χ0n) is 11.8. The average molecular weight is 250 g/mol. The molecule has 18 heavy (non-hydrogen) atoms. The van der Waals surface area contributed by atoms with Gasteiger partial charge in [-0.3, -0.25) is 0 Å². The summed E-state index contributed by atoms with van der Waals surface area (Å²) in [4.78, 5) is 0. The maximum absolute atomic E-state index is 13.3. The smallest absolute Gasteiger partial charge is 0.126 e. The van der Waals surface area contributed by atoms with Crippen LogP contribution in [-0.2, 0) is 6.42 Å². The lowest BCUT2D eigenvalue weighted by Gasteiger charge is -2.03. The predicted molar refractivity (Wildman–Crippen MR) is 77.3 cm³/mol. The number of aryl methyl sites for hydroxylation is 1. The van der Waals surface area contributed by atoms with E-state index >= 15 is 0 Å². The normalized spacial score (nSPS) is 10.8. The summed E-state index contributed by atoms with van der Waals surface area (Å²) in [7, 11) is 0. The third-order valence-corrected chi connectivity index (χ3v) is 3.51. The molecule has 0 amide bonds. The van der Waals surface area contributed by atoms with E-state index < -0.39 is 0 Å². The highest BCUT2D eigenvalue weighted by atomic mass is 19.1. The second kappa shape index (κ2) is 10.1. The molecule has 0 aliphatic heterocycles. The zero-order valence-corrected chi connectivity index (χ0v) is 11.8. The van der Waals surface area contributed by atoms with Crippen LogP contribution in [0.2, 0.25) is 0 Å². The molecule has 0 aliphatic carbocycles. The Hall–Kier alpha value is -0.850. The minimum Gasteiger partial charge on any atom is -0.207 e. The topological polar surface area (TPSA) is 0 Å². The van der Waals surface area contributed by atoms with E-state index in [1.165, 1.54) is 51.4 Å². The fourth-order valence-corrected chi connectivity index (χ4v) is 2.33. The van der Waals surface area contributed by atoms with E-state index in [1.54, 1.807) is 12.1 Å². The number of rotatable bonds is 10. The van der Waals surface area contributed by atoms with E-state index in [0.29, 0.717) is 0 Å². The van der Waals surface area contributed by atoms with E-state index in [9.17, 15) is 4.39 Å². The van der Waals surface area contributed by atoms with Crippen LogP contribution < -0.4 is 0 Å². The number of unbranched alkanes of at least 4 members (excludes halogenated alkanes) is 8. The van der Waals surface area contributed by atoms with Gasteiger partial charge in [0.25, 0.3) is 0 Å². The van der Waals surface area contributed by atoms with Gasteiger partial charge in [0, 0.05) is 0 Å². The predicted octanol–water partition coefficient (Wildman–Crippen LogP) is 5.90. The van der Waals surface area contributed by atoms with Gasteiger partial charge < -0.3 is 0 Å². The molecule has 0 radical (unpaired) electrons. The summed E-state index contributed by atoms with van der Waals surface area (Å²) in [5.74, 6) is -0.0444. The number of benzene rings is 1. The van der Waals surface area contributed by atoms with Crippen molar-refractivity contribution in [3.63, 3.8) is 0 Å². The lowest BCUT2D eigenvalue weighted by Crippen LogP contribution is -1.90. The van der Waals surface area contributed by atoms with Crippen LogP contribution in [-0.4, -0.2) is 0 Å². The van der Waals surface area contributed by atoms with Crippen LogP contribution >= 0.6 is 0 Å². The summed E-state index contributed by atoms with van der Waals surface area (Å²) >= 11 is 0. The van der Waals surface area contributed by atoms with E-state index in [1.807, 2.05) is 12.1 Å². The second-order valence-electron chi connectivity index (χ2n) is 5.17. The monoisotopic (exact) mass is 250 g/mol. The molecule has 1 aromatic carbocycles. The lowest BCUT2D eigenvalue weighted by atomic mass is 10.0. The molecule has 0 saturated carbocycles. The Morgan fingerprint density at radius 1 is 0.778 bits per heavy atom. The van der Waals surface area contributed by atoms with E-state index in [-0.39, 0.29) is 5.82 Å². The summed E-state index contributed by atoms with van der Waals surface area (Å²) in [6, 6.07) is 7.14. The number of halogens is 1. The standard InChI is InChI=1S/C17H27F/c1-2-3-4-5-6-7-8-9-10-13-16-14-11-12-15-17(16)18/h11-12,14-15H,2-10,13H2,1H3. The van der Waals surface area contributed by atoms with Crippen LogP contribution in [0.3, 0.4) is 0 Å². The van der Waals surface area contributed by atoms with E-state index in [0.717, 1.165) is 18.4 Å². The van der Waals surface area contributed by atoms with Crippen molar-refractivity contribution in [1.29, 1.82) is 0 Å². The Labute approximate surface area is 112 Å². The molecular formula is C17H27F. The van der Waals surface area contributed by atoms with Gasteiger partial charge in [0.15, 0.2) is 0 Å². The highest BCUT2D eigenvalue weighted by Crippen LogP contribution is 2.13. The van der Waals surface area contributed by atoms with Gasteiger partial charge in [-0.2, -0.15) is 0 Å². The largest absolute Gasteiger partial charge is 0.207 e. The van der Waals surface area contributed by atoms with Crippen molar-refractivity contribution < 1.29 is 4.39 Å². The minimum absolute atomic E-state index is 0.0444. The first-order chi connectivity index (χ1) is 8.84. The fourth-order valence-electron chi connectivity index (χ4n) is 2.33. The molecule has 1 aromatic rings. The maximum Gasteiger partial charge on any atom is 0.126 e. The Morgan fingerprint density at radius 2 is 1.33 bits per heavy atom. The molecule has 0 unspecified atom stereocenters. The Bertz CT molecular complexity index is 306. The summed E-state index contributed by atoms with van der Waals surface area (Å²) in [6.45, 7) is 2.25. The maximum atomic E-state index is 13.3. The van der Waals surface area contributed by atoms with Gasteiger partial charge in [0.2, 0.25) is 0 Å². The molecule has 0 nitrogen and oxygen atoms in total. The zero-order chi connectivity index (χ0) is 13.1. The van der Waals surface area contributed by atoms with Crippen molar-refractivity contribution in [3.8, 4) is 0 Å². The van der Waals surface area contributed by atoms with Gasteiger partial charge in [-0.15, -0.1) is 0 Å². The minimum atomic E-state index is -0.0444. The Kier molecular flexibility index (Phi) is 8.54. The van der Waals surface area contributed by atoms with Gasteiger partial charge in [-0.25, -0.2) is 4.39 Å². The first kappa shape index (κ1) is 15.2. The molecule has 0 bridgehead atoms. The molecule has 102 valence electrons. The van der Waals surface area contributed by atoms with Crippen LogP contribution in [0.15, 0.2) is 24.3 Å². The first-order valence-corrected chi connectivity index (χ1v) is 7.58. The van der Waals surface area contributed by atoms with Crippen molar-refractivity contribution in [3.05, 3.63) is 35.6 Å². The molecule has 1 rings (SSSR count). The second-order valence-corrected chi connectivity index (χ2v) is 5.17. The van der Waals surface area contributed by atoms with Crippen molar-refractivity contribution in [1.82, 2.24) is 0 Å². The van der Waals surface area contributed by atoms with Gasteiger partial charge in [-0.05, 0) is 24.5 Å². The van der Waals surface area contributed by atoms with Crippen molar-refractivity contribution in [2.45, 2.75) is 71.1 Å². The quantitative estimate of drug-likeness (QED) is 0.453. The first-order valence-electron chi connectivity index (χ1n) is 7.58. The van der Waals surface area contributed by atoms with Gasteiger partial charge in [-0.1, -0.05) is 76.5 Å². The van der Waals surface area contributed by atoms with E-state index in [4.69, 9.17) is 0 Å². The lowest BCUT2D eigenvalue weighted by molar-refractivity contribution is 0.557. The molecular weight excluding hydrogens is 223 g/mol. The van der Waals surface area contributed by atoms with E-state index in [2.05, 4.69) is 6.92 Å². The summed E-state index contributed by atoms with van der Waals surface area (Å²) in [5.41, 5.74) is 0.875. The molecule has 0 aliphatic rings. The molecule has 0 aromatic heterocycles. The Balaban J connectivity index is 1.94. The fraction of sp³-hybridized carbons (Fsp3) is 0.647. The summed E-state index contributed by atoms with van der Waals surface area (Å²) in [5, 5.41) is 0. The van der Waals surface area contributed by atoms with Crippen LogP contribution in [0.4, 0.5) is 4.39 Å². The SMILES string of the molecule is CCCCCCCCCCCc1ccccc1F. The van der Waals surface area contributed by atoms with Crippen LogP contribution in [0.1, 0.15) is 70.3 Å². The highest BCUT2D eigenvalue weighted by molar-refractivity contribution is 5.17. The van der Waals surface area contributed by atoms with Gasteiger partial charge in [0.05, 0.1) is 0 Å². The average Bonchev–Trinajstić information content (AvgIpc) is 2.39. The molecule has 0 saturated heterocycles. The van der Waals surface area contributed by atoms with Crippen molar-refractivity contribution in [2.75, 3.05) is 0 Å². The molecule has 0 atom stereocenters. The molecule has 0 heterocycles. The van der Waals surface area contributed by atoms with Crippen LogP contribution in [0, 0.1) is 5.82 Å². The van der Waals surface area contributed by atoms with Crippen LogP contribution in [0.25, 0.3) is 0 Å². The van der Waals surface area contributed by atoms with Crippen molar-refractivity contribution >= 4 is 0 Å². The van der Waals surface area contributed by atoms with Gasteiger partial charge in [0.1, 0.15) is 5.82 Å². The number of hydrogen-bond acceptors (Lipinski definition) is 0. The summed E-state index contributed by atoms with van der Waals surface area (Å²) < 4.78 is 13.3. The molecule has 0 N–H and O–H groups in total. The third-order valence-electron chi connectivity index (χ3n) is 3.51. The highest BCUT2D eigenvalue weighted by Gasteiger charge is 1.99. The summed E-state index contributed by atoms with van der Waals surface area (Å²) in [6.07, 6.45) is 12.8. The number of hydrogen-bond donors (Lipinski definition) is 0. The van der Waals surface area contributed by atoms with Crippen molar-refractivity contribution in [2.24, 2.45) is 0 Å². The van der Waals surface area contributed by atoms with Crippen LogP contribution in [0.5, 0.6) is 0 Å².